The van der Waals surface area contributed by atoms with Crippen LogP contribution in [-0.4, -0.2) is 9.79 Å². The van der Waals surface area contributed by atoms with E-state index < -0.39 is 7.60 Å². The average Bonchev–Trinajstić information content (AvgIpc) is 1.35. The molecule has 0 saturated heterocycles. The molecule has 0 aromatic heterocycles. The van der Waals surface area contributed by atoms with Gasteiger partial charge in [-0.05, 0) is 0 Å². The summed E-state index contributed by atoms with van der Waals surface area (Å²) < 4.78 is 9.33. The molecule has 0 fully saturated rings. The van der Waals surface area contributed by atoms with Gasteiger partial charge in [-0.3, -0.25) is 0 Å². The third kappa shape index (κ3) is 10.7. The molecule has 0 atom stereocenters. The maximum atomic E-state index is 9.33. The van der Waals surface area contributed by atoms with E-state index in [1.54, 1.807) is 0 Å². The molecule has 36 valence electrons. The first-order valence-corrected chi connectivity index (χ1v) is 2.64. The average molecular weight is 115 g/mol. The Morgan fingerprint density at radius 3 is 1.86 bits per heavy atom. The van der Waals surface area contributed by atoms with Crippen LogP contribution in [-0.2, 0) is 4.57 Å². The number of hydrogen-bond donors (Lipinski definition) is 2. The molecule has 0 aliphatic rings. The summed E-state index contributed by atoms with van der Waals surface area (Å²) in [5, 5.41) is 7.39. The maximum absolute atomic E-state index is 9.33. The predicted molar refractivity (Wildman–Crippen MR) is 18.8 cm³/mol. The van der Waals surface area contributed by atoms with Crippen LogP contribution in [0.5, 0.6) is 0 Å². The van der Waals surface area contributed by atoms with Crippen molar-refractivity contribution in [2.24, 2.45) is 0 Å². The van der Waals surface area contributed by atoms with E-state index in [4.69, 9.17) is 15.0 Å². The van der Waals surface area contributed by atoms with E-state index in [-0.39, 0.29) is 20.3 Å². The van der Waals surface area contributed by atoms with Gasteiger partial charge in [0.2, 0.25) is 0 Å². The van der Waals surface area contributed by atoms with E-state index in [1.165, 1.54) is 0 Å². The molecule has 0 spiro atoms. The third-order valence-electron chi connectivity index (χ3n) is 0.130. The van der Waals surface area contributed by atoms with Gasteiger partial charge in [0.25, 0.3) is 0 Å². The molecule has 0 radical (unpaired) electrons. The van der Waals surface area contributed by atoms with Crippen LogP contribution in [0.15, 0.2) is 0 Å². The van der Waals surface area contributed by atoms with Gasteiger partial charge in [0.15, 0.2) is 5.81 Å². The van der Waals surface area contributed by atoms with Crippen LogP contribution in [0.1, 0.15) is 1.43 Å². The largest absolute Gasteiger partial charge is 1.00 e. The normalized spacial score (nSPS) is 8.71. The van der Waals surface area contributed by atoms with Crippen LogP contribution in [0.25, 0.3) is 0 Å². The SMILES string of the molecule is N#CP(=O)(O)O.[H-].[Li+]. The van der Waals surface area contributed by atoms with Crippen molar-refractivity contribution in [1.82, 2.24) is 0 Å². The summed E-state index contributed by atoms with van der Waals surface area (Å²) in [5.41, 5.74) is 0. The number of hydrogen-bond acceptors (Lipinski definition) is 2. The van der Waals surface area contributed by atoms with Crippen LogP contribution in [0, 0.1) is 11.1 Å². The fraction of sp³-hybridized carbons (Fsp3) is 0. The zero-order chi connectivity index (χ0) is 5.21. The Bertz CT molecular complexity index is 126. The van der Waals surface area contributed by atoms with E-state index in [9.17, 15) is 4.57 Å². The van der Waals surface area contributed by atoms with Crippen molar-refractivity contribution in [2.45, 2.75) is 0 Å². The second kappa shape index (κ2) is 3.27. The van der Waals surface area contributed by atoms with Gasteiger partial charge in [-0.25, -0.2) is 4.57 Å². The monoisotopic (exact) mass is 115 g/mol. The first kappa shape index (κ1) is 10.3. The van der Waals surface area contributed by atoms with Gasteiger partial charge in [0.05, 0.1) is 0 Å². The Balaban J connectivity index is -0.000000125. The maximum Gasteiger partial charge on any atom is 1.00 e. The van der Waals surface area contributed by atoms with Crippen molar-refractivity contribution in [3.05, 3.63) is 0 Å². The molecule has 2 N–H and O–H groups in total. The Morgan fingerprint density at radius 2 is 1.86 bits per heavy atom. The molecule has 4 nitrogen and oxygen atoms in total. The molecule has 0 aliphatic carbocycles. The van der Waals surface area contributed by atoms with E-state index >= 15 is 0 Å². The molecular formula is CH3LiNO3P. The zero-order valence-electron chi connectivity index (χ0n) is 4.70. The molecule has 0 unspecified atom stereocenters. The molecule has 0 rings (SSSR count). The smallest absolute Gasteiger partial charge is 1.00 e. The molecule has 0 aromatic carbocycles. The van der Waals surface area contributed by atoms with Crippen LogP contribution in [0.2, 0.25) is 0 Å². The van der Waals surface area contributed by atoms with Gasteiger partial charge in [-0.15, -0.1) is 0 Å². The second-order valence-corrected chi connectivity index (χ2v) is 1.93. The Kier molecular flexibility index (Phi) is 4.79. The molecule has 6 heteroatoms. The van der Waals surface area contributed by atoms with E-state index in [0.29, 0.717) is 0 Å². The van der Waals surface area contributed by atoms with Crippen molar-refractivity contribution in [3.63, 3.8) is 0 Å². The summed E-state index contributed by atoms with van der Waals surface area (Å²) in [6.45, 7) is 0. The van der Waals surface area contributed by atoms with Gasteiger partial charge in [0, 0.05) is 0 Å². The topological polar surface area (TPSA) is 81.3 Å². The Labute approximate surface area is 54.0 Å². The standard InChI is InChI=1S/CH2NO3P.Li.H/c2-1-6(3,4)5;;/h(H2,3,4,5);;/q;+1;-1. The summed E-state index contributed by atoms with van der Waals surface area (Å²) in [5.74, 6) is 0.771. The van der Waals surface area contributed by atoms with Gasteiger partial charge < -0.3 is 11.2 Å². The molecule has 0 bridgehead atoms. The number of nitrogens with zero attached hydrogens (tertiary/aromatic N) is 1. The molecule has 0 amide bonds. The van der Waals surface area contributed by atoms with Gasteiger partial charge >= 0.3 is 26.5 Å². The molecule has 7 heavy (non-hydrogen) atoms. The number of nitriles is 1. The summed E-state index contributed by atoms with van der Waals surface area (Å²) in [6, 6.07) is 0. The van der Waals surface area contributed by atoms with Crippen molar-refractivity contribution in [2.75, 3.05) is 0 Å². The molecular weight excluding hydrogens is 112 g/mol. The predicted octanol–water partition coefficient (Wildman–Crippen LogP) is -3.24. The van der Waals surface area contributed by atoms with Gasteiger partial charge in [-0.1, -0.05) is 0 Å². The van der Waals surface area contributed by atoms with Crippen molar-refractivity contribution >= 4 is 7.60 Å². The minimum absolute atomic E-state index is 0. The number of rotatable bonds is 0. The molecule has 0 aromatic rings. The summed E-state index contributed by atoms with van der Waals surface area (Å²) >= 11 is 0. The Hall–Kier alpha value is 0.237. The minimum Gasteiger partial charge on any atom is -1.00 e. The van der Waals surface area contributed by atoms with Crippen molar-refractivity contribution < 1.29 is 34.6 Å². The summed E-state index contributed by atoms with van der Waals surface area (Å²) in [4.78, 5) is 15.2. The minimum atomic E-state index is -4.34. The molecule has 0 heterocycles. The first-order chi connectivity index (χ1) is 2.56. The van der Waals surface area contributed by atoms with E-state index in [1.807, 2.05) is 0 Å². The second-order valence-electron chi connectivity index (χ2n) is 0.644. The van der Waals surface area contributed by atoms with E-state index in [0.717, 1.165) is 5.81 Å². The zero-order valence-corrected chi connectivity index (χ0v) is 4.59. The third-order valence-corrected chi connectivity index (χ3v) is 0.391. The quantitative estimate of drug-likeness (QED) is 0.257. The van der Waals surface area contributed by atoms with Crippen LogP contribution in [0.4, 0.5) is 0 Å². The fourth-order valence-electron chi connectivity index (χ4n) is 0. The Morgan fingerprint density at radius 1 is 1.71 bits per heavy atom. The van der Waals surface area contributed by atoms with E-state index in [2.05, 4.69) is 0 Å². The molecule has 0 saturated carbocycles. The van der Waals surface area contributed by atoms with Crippen molar-refractivity contribution in [3.8, 4) is 5.81 Å². The molecule has 0 aliphatic heterocycles. The van der Waals surface area contributed by atoms with Crippen molar-refractivity contribution in [1.29, 1.82) is 5.26 Å². The summed E-state index contributed by atoms with van der Waals surface area (Å²) in [7, 11) is -4.34. The summed E-state index contributed by atoms with van der Waals surface area (Å²) in [6.07, 6.45) is 0. The first-order valence-electron chi connectivity index (χ1n) is 1.03. The van der Waals surface area contributed by atoms with Crippen LogP contribution >= 0.6 is 7.60 Å². The fourth-order valence-corrected chi connectivity index (χ4v) is 0. The van der Waals surface area contributed by atoms with Gasteiger partial charge in [-0.2, -0.15) is 5.26 Å². The van der Waals surface area contributed by atoms with Crippen LogP contribution < -0.4 is 18.9 Å². The van der Waals surface area contributed by atoms with Gasteiger partial charge in [0.1, 0.15) is 0 Å². The van der Waals surface area contributed by atoms with Crippen LogP contribution in [0.3, 0.4) is 0 Å².